The fourth-order valence-electron chi connectivity index (χ4n) is 2.77. The lowest BCUT2D eigenvalue weighted by Gasteiger charge is -2.35. The van der Waals surface area contributed by atoms with Gasteiger partial charge in [0.15, 0.2) is 5.60 Å². The molecule has 0 saturated carbocycles. The maximum atomic E-state index is 12.7. The second kappa shape index (κ2) is 6.17. The lowest BCUT2D eigenvalue weighted by atomic mass is 9.91. The van der Waals surface area contributed by atoms with Gasteiger partial charge in [-0.15, -0.1) is 11.3 Å². The van der Waals surface area contributed by atoms with Gasteiger partial charge >= 0.3 is 5.97 Å². The Hall–Kier alpha value is -2.12. The van der Waals surface area contributed by atoms with Gasteiger partial charge in [0.25, 0.3) is 5.91 Å². The number of likely N-dealkylation sites (tertiary alicyclic amines) is 1. The van der Waals surface area contributed by atoms with Gasteiger partial charge in [-0.05, 0) is 23.6 Å². The number of hydrogen-bond acceptors (Lipinski definition) is 4. The predicted molar refractivity (Wildman–Crippen MR) is 85.6 cm³/mol. The molecule has 3 rings (SSSR count). The first-order valence-corrected chi connectivity index (χ1v) is 8.30. The van der Waals surface area contributed by atoms with E-state index in [-0.39, 0.29) is 31.8 Å². The molecule has 6 nitrogen and oxygen atoms in total. The van der Waals surface area contributed by atoms with Crippen LogP contribution >= 0.6 is 11.3 Å². The SMILES string of the molecule is O=C(c1cccn1Cc1cccs1)N1CCC(O)(C(=O)O)CC1. The van der Waals surface area contributed by atoms with Gasteiger partial charge in [0.2, 0.25) is 0 Å². The second-order valence-electron chi connectivity index (χ2n) is 5.73. The number of aromatic nitrogens is 1. The van der Waals surface area contributed by atoms with E-state index in [1.807, 2.05) is 34.3 Å². The van der Waals surface area contributed by atoms with Crippen LogP contribution in [-0.4, -0.2) is 50.2 Å². The van der Waals surface area contributed by atoms with Crippen LogP contribution in [0, 0.1) is 0 Å². The highest BCUT2D eigenvalue weighted by Gasteiger charge is 2.40. The fourth-order valence-corrected chi connectivity index (χ4v) is 3.47. The number of carbonyl (C=O) groups is 2. The molecule has 1 fully saturated rings. The minimum absolute atomic E-state index is 0.0553. The van der Waals surface area contributed by atoms with Gasteiger partial charge in [-0.2, -0.15) is 0 Å². The van der Waals surface area contributed by atoms with E-state index in [4.69, 9.17) is 5.11 Å². The van der Waals surface area contributed by atoms with Crippen molar-refractivity contribution >= 4 is 23.2 Å². The zero-order valence-electron chi connectivity index (χ0n) is 12.5. The van der Waals surface area contributed by atoms with Gasteiger partial charge in [0.1, 0.15) is 5.69 Å². The van der Waals surface area contributed by atoms with Crippen molar-refractivity contribution in [2.24, 2.45) is 0 Å². The molecular weight excluding hydrogens is 316 g/mol. The summed E-state index contributed by atoms with van der Waals surface area (Å²) in [7, 11) is 0. The van der Waals surface area contributed by atoms with E-state index in [1.54, 1.807) is 22.3 Å². The monoisotopic (exact) mass is 334 g/mol. The van der Waals surface area contributed by atoms with Crippen LogP contribution in [0.15, 0.2) is 35.8 Å². The smallest absolute Gasteiger partial charge is 0.335 e. The molecule has 0 aliphatic carbocycles. The highest BCUT2D eigenvalue weighted by atomic mass is 32.1. The number of carbonyl (C=O) groups excluding carboxylic acids is 1. The maximum Gasteiger partial charge on any atom is 0.335 e. The third-order valence-corrected chi connectivity index (χ3v) is 5.09. The van der Waals surface area contributed by atoms with Gasteiger partial charge in [-0.3, -0.25) is 4.79 Å². The van der Waals surface area contributed by atoms with Gasteiger partial charge in [0.05, 0.1) is 6.54 Å². The second-order valence-corrected chi connectivity index (χ2v) is 6.76. The molecule has 122 valence electrons. The molecule has 23 heavy (non-hydrogen) atoms. The molecule has 2 aromatic heterocycles. The first kappa shape index (κ1) is 15.8. The summed E-state index contributed by atoms with van der Waals surface area (Å²) >= 11 is 1.64. The van der Waals surface area contributed by atoms with E-state index in [9.17, 15) is 14.7 Å². The molecule has 2 N–H and O–H groups in total. The van der Waals surface area contributed by atoms with E-state index >= 15 is 0 Å². The van der Waals surface area contributed by atoms with Crippen molar-refractivity contribution < 1.29 is 19.8 Å². The Labute approximate surface area is 137 Å². The third kappa shape index (κ3) is 3.16. The van der Waals surface area contributed by atoms with Crippen molar-refractivity contribution in [3.63, 3.8) is 0 Å². The van der Waals surface area contributed by atoms with Crippen LogP contribution in [0.2, 0.25) is 0 Å². The average Bonchev–Trinajstić information content (AvgIpc) is 3.19. The van der Waals surface area contributed by atoms with E-state index in [0.717, 1.165) is 4.88 Å². The molecule has 0 spiro atoms. The Morgan fingerprint density at radius 3 is 2.57 bits per heavy atom. The number of hydrogen-bond donors (Lipinski definition) is 2. The van der Waals surface area contributed by atoms with Gasteiger partial charge in [-0.25, -0.2) is 4.79 Å². The maximum absolute atomic E-state index is 12.7. The summed E-state index contributed by atoms with van der Waals surface area (Å²) < 4.78 is 1.90. The van der Waals surface area contributed by atoms with Crippen molar-refractivity contribution in [3.8, 4) is 0 Å². The molecule has 1 aliphatic heterocycles. The number of carboxylic acids is 1. The number of aliphatic carboxylic acids is 1. The first-order chi connectivity index (χ1) is 11.0. The van der Waals surface area contributed by atoms with Crippen molar-refractivity contribution in [3.05, 3.63) is 46.4 Å². The van der Waals surface area contributed by atoms with E-state index < -0.39 is 11.6 Å². The minimum Gasteiger partial charge on any atom is -0.479 e. The molecule has 0 unspecified atom stereocenters. The number of carboxylic acid groups (broad SMARTS) is 1. The predicted octanol–water partition coefficient (Wildman–Crippen LogP) is 1.65. The number of aliphatic hydroxyl groups is 1. The molecule has 1 amide bonds. The summed E-state index contributed by atoms with van der Waals surface area (Å²) in [5, 5.41) is 21.0. The molecule has 3 heterocycles. The quantitative estimate of drug-likeness (QED) is 0.891. The Morgan fingerprint density at radius 2 is 1.96 bits per heavy atom. The summed E-state index contributed by atoms with van der Waals surface area (Å²) in [4.78, 5) is 26.5. The van der Waals surface area contributed by atoms with Crippen LogP contribution < -0.4 is 0 Å². The molecule has 0 aromatic carbocycles. The zero-order valence-corrected chi connectivity index (χ0v) is 13.3. The van der Waals surface area contributed by atoms with Crippen LogP contribution in [0.3, 0.4) is 0 Å². The number of amides is 1. The lowest BCUT2D eigenvalue weighted by molar-refractivity contribution is -0.162. The van der Waals surface area contributed by atoms with E-state index in [2.05, 4.69) is 0 Å². The highest BCUT2D eigenvalue weighted by molar-refractivity contribution is 7.09. The number of rotatable bonds is 4. The summed E-state index contributed by atoms with van der Waals surface area (Å²) in [5.41, 5.74) is -1.13. The largest absolute Gasteiger partial charge is 0.479 e. The summed E-state index contributed by atoms with van der Waals surface area (Å²) in [6.45, 7) is 1.12. The van der Waals surface area contributed by atoms with Crippen molar-refractivity contribution in [2.75, 3.05) is 13.1 Å². The van der Waals surface area contributed by atoms with Crippen molar-refractivity contribution in [1.82, 2.24) is 9.47 Å². The Morgan fingerprint density at radius 1 is 1.22 bits per heavy atom. The molecule has 2 aromatic rings. The van der Waals surface area contributed by atoms with Crippen LogP contribution in [-0.2, 0) is 11.3 Å². The number of piperidine rings is 1. The fraction of sp³-hybridized carbons (Fsp3) is 0.375. The van der Waals surface area contributed by atoms with Crippen LogP contribution in [0.25, 0.3) is 0 Å². The lowest BCUT2D eigenvalue weighted by Crippen LogP contribution is -2.51. The molecule has 0 radical (unpaired) electrons. The molecular formula is C16H18N2O4S. The summed E-state index contributed by atoms with van der Waals surface area (Å²) in [5.74, 6) is -1.34. The van der Waals surface area contributed by atoms with E-state index in [1.165, 1.54) is 0 Å². The van der Waals surface area contributed by atoms with Crippen LogP contribution in [0.1, 0.15) is 28.2 Å². The summed E-state index contributed by atoms with van der Waals surface area (Å²) in [6, 6.07) is 7.60. The molecule has 7 heteroatoms. The molecule has 1 saturated heterocycles. The third-order valence-electron chi connectivity index (χ3n) is 4.23. The molecule has 0 atom stereocenters. The number of thiophene rings is 1. The molecule has 1 aliphatic rings. The average molecular weight is 334 g/mol. The molecule has 0 bridgehead atoms. The van der Waals surface area contributed by atoms with Crippen molar-refractivity contribution in [2.45, 2.75) is 25.0 Å². The topological polar surface area (TPSA) is 82.8 Å². The highest BCUT2D eigenvalue weighted by Crippen LogP contribution is 2.24. The van der Waals surface area contributed by atoms with Gasteiger partial charge < -0.3 is 19.7 Å². The standard InChI is InChI=1S/C16H18N2O4S/c19-14(17-8-5-16(22,6-9-17)15(20)21)13-4-1-7-18(13)11-12-3-2-10-23-12/h1-4,7,10,22H,5-6,8-9,11H2,(H,20,21). The Balaban J connectivity index is 1.70. The number of nitrogens with zero attached hydrogens (tertiary/aromatic N) is 2. The van der Waals surface area contributed by atoms with Crippen molar-refractivity contribution in [1.29, 1.82) is 0 Å². The Bertz CT molecular complexity index is 699. The zero-order chi connectivity index (χ0) is 16.4. The Kier molecular flexibility index (Phi) is 4.23. The first-order valence-electron chi connectivity index (χ1n) is 7.42. The van der Waals surface area contributed by atoms with Gasteiger partial charge in [-0.1, -0.05) is 6.07 Å². The van der Waals surface area contributed by atoms with Gasteiger partial charge in [0, 0.05) is 37.0 Å². The van der Waals surface area contributed by atoms with E-state index in [0.29, 0.717) is 12.2 Å². The summed E-state index contributed by atoms with van der Waals surface area (Å²) in [6.07, 6.45) is 1.98. The van der Waals surface area contributed by atoms with Crippen LogP contribution in [0.5, 0.6) is 0 Å². The van der Waals surface area contributed by atoms with Crippen LogP contribution in [0.4, 0.5) is 0 Å². The normalized spacial score (nSPS) is 17.2. The minimum atomic E-state index is -1.71.